The number of hydrogen-bond donors (Lipinski definition) is 1. The molecule has 0 saturated heterocycles. The van der Waals surface area contributed by atoms with Crippen LogP contribution >= 0.6 is 0 Å². The molecular formula is C17H22FN3. The van der Waals surface area contributed by atoms with Crippen LogP contribution in [-0.2, 0) is 6.54 Å². The van der Waals surface area contributed by atoms with Gasteiger partial charge in [0.25, 0.3) is 0 Å². The van der Waals surface area contributed by atoms with Crippen molar-refractivity contribution in [3.05, 3.63) is 35.9 Å². The van der Waals surface area contributed by atoms with Crippen LogP contribution in [0.1, 0.15) is 50.8 Å². The Labute approximate surface area is 125 Å². The summed E-state index contributed by atoms with van der Waals surface area (Å²) < 4.78 is 15.3. The number of nitrogens with zero attached hydrogens (tertiary/aromatic N) is 2. The standard InChI is InChI=1S/C17H22FN3/c1-2-11-21-16(19)15(12-7-9-14(18)10-8-12)20-17(21)13-5-3-4-6-13/h7-10,13H,2-6,11,19H2,1H3. The van der Waals surface area contributed by atoms with Crippen LogP contribution in [0.5, 0.6) is 0 Å². The second-order valence-electron chi connectivity index (χ2n) is 5.84. The van der Waals surface area contributed by atoms with Gasteiger partial charge in [0, 0.05) is 18.0 Å². The van der Waals surface area contributed by atoms with Gasteiger partial charge in [0.05, 0.1) is 0 Å². The van der Waals surface area contributed by atoms with Crippen molar-refractivity contribution in [3.8, 4) is 11.3 Å². The third-order valence-electron chi connectivity index (χ3n) is 4.32. The summed E-state index contributed by atoms with van der Waals surface area (Å²) in [6.45, 7) is 3.04. The Balaban J connectivity index is 2.04. The zero-order valence-corrected chi connectivity index (χ0v) is 12.5. The molecule has 3 rings (SSSR count). The Morgan fingerprint density at radius 3 is 2.52 bits per heavy atom. The fourth-order valence-corrected chi connectivity index (χ4v) is 3.26. The van der Waals surface area contributed by atoms with E-state index in [2.05, 4.69) is 11.5 Å². The maximum Gasteiger partial charge on any atom is 0.131 e. The van der Waals surface area contributed by atoms with Crippen LogP contribution in [0.2, 0.25) is 0 Å². The average Bonchev–Trinajstić information content (AvgIpc) is 3.10. The molecular weight excluding hydrogens is 265 g/mol. The van der Waals surface area contributed by atoms with Crippen molar-refractivity contribution in [2.24, 2.45) is 0 Å². The highest BCUT2D eigenvalue weighted by Gasteiger charge is 2.25. The van der Waals surface area contributed by atoms with E-state index in [1.807, 2.05) is 0 Å². The average molecular weight is 287 g/mol. The number of nitrogen functional groups attached to an aromatic ring is 1. The van der Waals surface area contributed by atoms with E-state index < -0.39 is 0 Å². The molecule has 0 radical (unpaired) electrons. The number of halogens is 1. The van der Waals surface area contributed by atoms with Gasteiger partial charge in [-0.2, -0.15) is 0 Å². The first-order valence-electron chi connectivity index (χ1n) is 7.82. The molecule has 112 valence electrons. The molecule has 0 atom stereocenters. The molecule has 0 aliphatic heterocycles. The summed E-state index contributed by atoms with van der Waals surface area (Å²) >= 11 is 0. The van der Waals surface area contributed by atoms with Crippen LogP contribution in [0.4, 0.5) is 10.2 Å². The van der Waals surface area contributed by atoms with Crippen LogP contribution in [0.25, 0.3) is 11.3 Å². The molecule has 1 aromatic heterocycles. The van der Waals surface area contributed by atoms with Gasteiger partial charge in [-0.1, -0.05) is 19.8 Å². The van der Waals surface area contributed by atoms with Crippen LogP contribution < -0.4 is 5.73 Å². The SMILES string of the molecule is CCCn1c(C2CCCC2)nc(-c2ccc(F)cc2)c1N. The van der Waals surface area contributed by atoms with Gasteiger partial charge in [-0.3, -0.25) is 0 Å². The lowest BCUT2D eigenvalue weighted by molar-refractivity contribution is 0.579. The Morgan fingerprint density at radius 2 is 1.90 bits per heavy atom. The molecule has 1 aliphatic rings. The lowest BCUT2D eigenvalue weighted by Crippen LogP contribution is -2.09. The lowest BCUT2D eigenvalue weighted by atomic mass is 10.1. The fourth-order valence-electron chi connectivity index (χ4n) is 3.26. The third-order valence-corrected chi connectivity index (χ3v) is 4.32. The first-order chi connectivity index (χ1) is 10.2. The Bertz CT molecular complexity index is 610. The Hall–Kier alpha value is -1.84. The van der Waals surface area contributed by atoms with E-state index >= 15 is 0 Å². The summed E-state index contributed by atoms with van der Waals surface area (Å²) in [5, 5.41) is 0. The van der Waals surface area contributed by atoms with E-state index in [0.717, 1.165) is 30.0 Å². The largest absolute Gasteiger partial charge is 0.383 e. The maximum atomic E-state index is 13.1. The number of rotatable bonds is 4. The van der Waals surface area contributed by atoms with Gasteiger partial charge in [-0.05, 0) is 43.5 Å². The topological polar surface area (TPSA) is 43.8 Å². The van der Waals surface area contributed by atoms with Crippen molar-refractivity contribution in [1.29, 1.82) is 0 Å². The predicted octanol–water partition coefficient (Wildman–Crippen LogP) is 4.34. The van der Waals surface area contributed by atoms with Crippen LogP contribution in [-0.4, -0.2) is 9.55 Å². The van der Waals surface area contributed by atoms with Crippen molar-refractivity contribution in [2.45, 2.75) is 51.5 Å². The van der Waals surface area contributed by atoms with Gasteiger partial charge >= 0.3 is 0 Å². The monoisotopic (exact) mass is 287 g/mol. The minimum absolute atomic E-state index is 0.235. The van der Waals surface area contributed by atoms with Gasteiger partial charge in [0.15, 0.2) is 0 Å². The van der Waals surface area contributed by atoms with Gasteiger partial charge in [0.1, 0.15) is 23.2 Å². The smallest absolute Gasteiger partial charge is 0.131 e. The first kappa shape index (κ1) is 14.1. The van der Waals surface area contributed by atoms with Crippen molar-refractivity contribution in [3.63, 3.8) is 0 Å². The molecule has 0 bridgehead atoms. The second-order valence-corrected chi connectivity index (χ2v) is 5.84. The molecule has 1 fully saturated rings. The number of benzene rings is 1. The summed E-state index contributed by atoms with van der Waals surface area (Å²) in [6.07, 6.45) is 5.97. The van der Waals surface area contributed by atoms with E-state index in [4.69, 9.17) is 10.7 Å². The summed E-state index contributed by atoms with van der Waals surface area (Å²) in [5.74, 6) is 2.12. The minimum atomic E-state index is -0.235. The number of aromatic nitrogens is 2. The molecule has 1 aromatic carbocycles. The predicted molar refractivity (Wildman–Crippen MR) is 83.5 cm³/mol. The molecule has 1 aliphatic carbocycles. The van der Waals surface area contributed by atoms with E-state index in [1.165, 1.54) is 37.8 Å². The summed E-state index contributed by atoms with van der Waals surface area (Å²) in [6, 6.07) is 6.43. The minimum Gasteiger partial charge on any atom is -0.383 e. The van der Waals surface area contributed by atoms with Crippen LogP contribution in [0, 0.1) is 5.82 Å². The zero-order chi connectivity index (χ0) is 14.8. The highest BCUT2D eigenvalue weighted by molar-refractivity contribution is 5.71. The van der Waals surface area contributed by atoms with Gasteiger partial charge in [-0.15, -0.1) is 0 Å². The normalized spacial score (nSPS) is 15.7. The van der Waals surface area contributed by atoms with Crippen molar-refractivity contribution in [1.82, 2.24) is 9.55 Å². The quantitative estimate of drug-likeness (QED) is 0.909. The van der Waals surface area contributed by atoms with Gasteiger partial charge < -0.3 is 10.3 Å². The van der Waals surface area contributed by atoms with Crippen molar-refractivity contribution >= 4 is 5.82 Å². The Morgan fingerprint density at radius 1 is 1.24 bits per heavy atom. The molecule has 3 nitrogen and oxygen atoms in total. The number of nitrogens with two attached hydrogens (primary N) is 1. The Kier molecular flexibility index (Phi) is 3.95. The molecule has 0 amide bonds. The first-order valence-corrected chi connectivity index (χ1v) is 7.82. The van der Waals surface area contributed by atoms with E-state index in [9.17, 15) is 4.39 Å². The lowest BCUT2D eigenvalue weighted by Gasteiger charge is -2.12. The van der Waals surface area contributed by atoms with E-state index in [0.29, 0.717) is 11.7 Å². The molecule has 1 saturated carbocycles. The van der Waals surface area contributed by atoms with Crippen molar-refractivity contribution < 1.29 is 4.39 Å². The second kappa shape index (κ2) is 5.88. The van der Waals surface area contributed by atoms with Crippen molar-refractivity contribution in [2.75, 3.05) is 5.73 Å². The molecule has 21 heavy (non-hydrogen) atoms. The molecule has 1 heterocycles. The highest BCUT2D eigenvalue weighted by Crippen LogP contribution is 2.37. The molecule has 2 N–H and O–H groups in total. The third kappa shape index (κ3) is 2.67. The fraction of sp³-hybridized carbons (Fsp3) is 0.471. The molecule has 0 spiro atoms. The number of hydrogen-bond acceptors (Lipinski definition) is 2. The van der Waals surface area contributed by atoms with Crippen LogP contribution in [0.3, 0.4) is 0 Å². The molecule has 2 aromatic rings. The molecule has 4 heteroatoms. The zero-order valence-electron chi connectivity index (χ0n) is 12.5. The number of imidazole rings is 1. The summed E-state index contributed by atoms with van der Waals surface area (Å²) in [4.78, 5) is 4.83. The highest BCUT2D eigenvalue weighted by atomic mass is 19.1. The number of anilines is 1. The van der Waals surface area contributed by atoms with Gasteiger partial charge in [-0.25, -0.2) is 9.37 Å². The van der Waals surface area contributed by atoms with Gasteiger partial charge in [0.2, 0.25) is 0 Å². The van der Waals surface area contributed by atoms with E-state index in [1.54, 1.807) is 12.1 Å². The van der Waals surface area contributed by atoms with Crippen LogP contribution in [0.15, 0.2) is 24.3 Å². The molecule has 0 unspecified atom stereocenters. The summed E-state index contributed by atoms with van der Waals surface area (Å²) in [5.41, 5.74) is 8.02. The van der Waals surface area contributed by atoms with E-state index in [-0.39, 0.29) is 5.82 Å². The maximum absolute atomic E-state index is 13.1. The summed E-state index contributed by atoms with van der Waals surface area (Å²) in [7, 11) is 0.